The van der Waals surface area contributed by atoms with Crippen LogP contribution in [0.3, 0.4) is 0 Å². The SMILES string of the molecule is C[Si](C)(C)[Si]1(C)CSCSC1. The van der Waals surface area contributed by atoms with Crippen molar-refractivity contribution in [2.45, 2.75) is 26.2 Å². The van der Waals surface area contributed by atoms with Crippen molar-refractivity contribution in [2.75, 3.05) is 15.8 Å². The van der Waals surface area contributed by atoms with Crippen molar-refractivity contribution >= 4 is 38.7 Å². The molecule has 11 heavy (non-hydrogen) atoms. The molecule has 0 radical (unpaired) electrons. The first-order valence-corrected chi connectivity index (χ1v) is 13.8. The van der Waals surface area contributed by atoms with Crippen LogP contribution in [-0.4, -0.2) is 31.0 Å². The highest BCUT2D eigenvalue weighted by Gasteiger charge is 2.42. The van der Waals surface area contributed by atoms with Crippen LogP contribution in [-0.2, 0) is 0 Å². The van der Waals surface area contributed by atoms with Crippen LogP contribution < -0.4 is 0 Å². The standard InChI is InChI=1S/C7H18S2Si2/c1-10(2,3)11(4)6-8-5-9-7-11/h5-7H2,1-4H3. The Morgan fingerprint density at radius 2 is 1.55 bits per heavy atom. The highest BCUT2D eigenvalue weighted by molar-refractivity contribution is 8.19. The van der Waals surface area contributed by atoms with E-state index in [9.17, 15) is 0 Å². The minimum atomic E-state index is -0.783. The van der Waals surface area contributed by atoms with Gasteiger partial charge in [0.2, 0.25) is 0 Å². The smallest absolute Gasteiger partial charge is 0.0652 e. The molecule has 0 aromatic carbocycles. The van der Waals surface area contributed by atoms with Gasteiger partial charge in [-0.3, -0.25) is 0 Å². The van der Waals surface area contributed by atoms with Gasteiger partial charge < -0.3 is 0 Å². The van der Waals surface area contributed by atoms with Gasteiger partial charge >= 0.3 is 0 Å². The predicted octanol–water partition coefficient (Wildman–Crippen LogP) is 3.00. The maximum atomic E-state index is 2.62. The van der Waals surface area contributed by atoms with Gasteiger partial charge in [0.15, 0.2) is 0 Å². The first-order valence-electron chi connectivity index (χ1n) is 4.11. The lowest BCUT2D eigenvalue weighted by atomic mass is 11.8. The summed E-state index contributed by atoms with van der Waals surface area (Å²) in [7, 11) is -1.56. The van der Waals surface area contributed by atoms with Crippen LogP contribution in [0, 0.1) is 0 Å². The first kappa shape index (κ1) is 10.2. The number of hydrogen-bond donors (Lipinski definition) is 0. The predicted molar refractivity (Wildman–Crippen MR) is 64.7 cm³/mol. The van der Waals surface area contributed by atoms with E-state index < -0.39 is 15.2 Å². The van der Waals surface area contributed by atoms with Crippen LogP contribution in [0.15, 0.2) is 0 Å². The van der Waals surface area contributed by atoms with Crippen molar-refractivity contribution in [3.05, 3.63) is 0 Å². The average Bonchev–Trinajstić information content (AvgIpc) is 1.87. The van der Waals surface area contributed by atoms with Gasteiger partial charge in [-0.2, -0.15) is 23.5 Å². The fourth-order valence-corrected chi connectivity index (χ4v) is 21.5. The largest absolute Gasteiger partial charge is 0.154 e. The van der Waals surface area contributed by atoms with Gasteiger partial charge in [0, 0.05) is 12.7 Å². The topological polar surface area (TPSA) is 0 Å². The lowest BCUT2D eigenvalue weighted by Crippen LogP contribution is -2.60. The molecule has 0 saturated carbocycles. The summed E-state index contributed by atoms with van der Waals surface area (Å²) in [5.41, 5.74) is 0. The highest BCUT2D eigenvalue weighted by atomic mass is 32.2. The fraction of sp³-hybridized carbons (Fsp3) is 1.00. The monoisotopic (exact) mass is 222 g/mol. The summed E-state index contributed by atoms with van der Waals surface area (Å²) in [4.78, 5) is 0. The second-order valence-electron chi connectivity index (χ2n) is 4.63. The van der Waals surface area contributed by atoms with E-state index in [2.05, 4.69) is 49.7 Å². The maximum Gasteiger partial charge on any atom is 0.0652 e. The molecule has 0 aromatic rings. The van der Waals surface area contributed by atoms with E-state index in [0.29, 0.717) is 0 Å². The molecule has 1 aliphatic heterocycles. The van der Waals surface area contributed by atoms with Crippen LogP contribution in [0.25, 0.3) is 0 Å². The molecule has 0 amide bonds. The Hall–Kier alpha value is 1.13. The van der Waals surface area contributed by atoms with Gasteiger partial charge in [-0.15, -0.1) is 0 Å². The van der Waals surface area contributed by atoms with Crippen molar-refractivity contribution < 1.29 is 0 Å². The lowest BCUT2D eigenvalue weighted by Gasteiger charge is -2.40. The zero-order valence-corrected chi connectivity index (χ0v) is 11.6. The van der Waals surface area contributed by atoms with Crippen LogP contribution in [0.1, 0.15) is 0 Å². The fourth-order valence-electron chi connectivity index (χ4n) is 1.07. The summed E-state index contributed by atoms with van der Waals surface area (Å²) < 4.78 is 0. The summed E-state index contributed by atoms with van der Waals surface area (Å²) in [5.74, 6) is 0. The zero-order chi connectivity index (χ0) is 8.54. The van der Waals surface area contributed by atoms with Gasteiger partial charge in [-0.05, 0) is 10.8 Å². The number of rotatable bonds is 1. The van der Waals surface area contributed by atoms with Gasteiger partial charge in [0.1, 0.15) is 0 Å². The van der Waals surface area contributed by atoms with Gasteiger partial charge in [0.25, 0.3) is 0 Å². The van der Waals surface area contributed by atoms with E-state index >= 15 is 0 Å². The molecule has 1 saturated heterocycles. The molecule has 0 bridgehead atoms. The van der Waals surface area contributed by atoms with E-state index in [0.717, 1.165) is 0 Å². The van der Waals surface area contributed by atoms with E-state index in [1.54, 1.807) is 0 Å². The van der Waals surface area contributed by atoms with E-state index in [4.69, 9.17) is 0 Å². The second kappa shape index (κ2) is 3.48. The normalized spacial score (nSPS) is 25.1. The minimum absolute atomic E-state index is 0.773. The van der Waals surface area contributed by atoms with Crippen molar-refractivity contribution in [3.63, 3.8) is 0 Å². The van der Waals surface area contributed by atoms with Gasteiger partial charge in [0.05, 0.1) is 7.59 Å². The molecule has 1 heterocycles. The van der Waals surface area contributed by atoms with Crippen molar-refractivity contribution in [3.8, 4) is 0 Å². The van der Waals surface area contributed by atoms with Crippen molar-refractivity contribution in [1.29, 1.82) is 0 Å². The number of hydrogen-bond acceptors (Lipinski definition) is 2. The average molecular weight is 223 g/mol. The van der Waals surface area contributed by atoms with Crippen LogP contribution in [0.4, 0.5) is 0 Å². The van der Waals surface area contributed by atoms with E-state index in [1.807, 2.05) is 0 Å². The Bertz CT molecular complexity index is 136. The third-order valence-corrected chi connectivity index (χ3v) is 28.0. The second-order valence-corrected chi connectivity index (χ2v) is 24.4. The molecule has 0 aliphatic carbocycles. The zero-order valence-electron chi connectivity index (χ0n) is 7.94. The molecule has 1 rings (SSSR count). The molecular formula is C7H18S2Si2. The Morgan fingerprint density at radius 3 is 1.82 bits per heavy atom. The molecule has 0 aromatic heterocycles. The molecule has 0 spiro atoms. The van der Waals surface area contributed by atoms with Crippen LogP contribution in [0.2, 0.25) is 26.2 Å². The molecule has 0 unspecified atom stereocenters. The summed E-state index contributed by atoms with van der Waals surface area (Å²) in [6, 6.07) is 0. The maximum absolute atomic E-state index is 2.62. The molecule has 0 N–H and O–H groups in total. The third-order valence-electron chi connectivity index (χ3n) is 2.82. The Kier molecular flexibility index (Phi) is 3.23. The summed E-state index contributed by atoms with van der Waals surface area (Å²) >= 11 is 4.38. The Morgan fingerprint density at radius 1 is 1.09 bits per heavy atom. The van der Waals surface area contributed by atoms with Crippen LogP contribution >= 0.6 is 23.5 Å². The van der Waals surface area contributed by atoms with E-state index in [-0.39, 0.29) is 0 Å². The lowest BCUT2D eigenvalue weighted by molar-refractivity contribution is 1.65. The quantitative estimate of drug-likeness (QED) is 0.626. The first-order chi connectivity index (χ1) is 4.96. The summed E-state index contributed by atoms with van der Waals surface area (Å²) in [6.07, 6.45) is 0. The molecular weight excluding hydrogens is 204 g/mol. The van der Waals surface area contributed by atoms with Gasteiger partial charge in [-0.1, -0.05) is 26.2 Å². The molecule has 4 heteroatoms. The molecule has 1 aliphatic rings. The van der Waals surface area contributed by atoms with Crippen LogP contribution in [0.5, 0.6) is 0 Å². The van der Waals surface area contributed by atoms with E-state index in [1.165, 1.54) is 15.8 Å². The molecule has 0 nitrogen and oxygen atoms in total. The van der Waals surface area contributed by atoms with Crippen molar-refractivity contribution in [1.82, 2.24) is 0 Å². The summed E-state index contributed by atoms with van der Waals surface area (Å²) in [5, 5.41) is 4.43. The van der Waals surface area contributed by atoms with Crippen molar-refractivity contribution in [2.24, 2.45) is 0 Å². The Balaban J connectivity index is 2.64. The third kappa shape index (κ3) is 2.29. The molecule has 1 fully saturated rings. The minimum Gasteiger partial charge on any atom is -0.154 e. The molecule has 66 valence electrons. The summed E-state index contributed by atoms with van der Waals surface area (Å²) in [6.45, 7) is 10.3. The molecule has 0 atom stereocenters. The Labute approximate surface area is 80.7 Å². The van der Waals surface area contributed by atoms with Gasteiger partial charge in [-0.25, -0.2) is 0 Å². The number of thioether (sulfide) groups is 2. The highest BCUT2D eigenvalue weighted by Crippen LogP contribution is 2.33.